The molecule has 0 radical (unpaired) electrons. The van der Waals surface area contributed by atoms with E-state index >= 15 is 0 Å². The molecule has 2 aromatic heterocycles. The van der Waals surface area contributed by atoms with Gasteiger partial charge in [-0.25, -0.2) is 4.39 Å². The Morgan fingerprint density at radius 2 is 2.08 bits per heavy atom. The molecule has 2 heterocycles. The van der Waals surface area contributed by atoms with Crippen LogP contribution in [0.1, 0.15) is 4.88 Å². The highest BCUT2D eigenvalue weighted by Crippen LogP contribution is 2.36. The molecule has 0 amide bonds. The van der Waals surface area contributed by atoms with Gasteiger partial charge < -0.3 is 20.3 Å². The molecule has 2 N–H and O–H groups in total. The molecule has 0 saturated carbocycles. The fourth-order valence-electron chi connectivity index (χ4n) is 2.48. The monoisotopic (exact) mass is 372 g/mol. The number of fused-ring (bicyclic) bond motifs is 1. The van der Waals surface area contributed by atoms with E-state index in [0.717, 1.165) is 21.6 Å². The summed E-state index contributed by atoms with van der Waals surface area (Å²) in [4.78, 5) is 7.62. The second-order valence-electron chi connectivity index (χ2n) is 5.75. The standard InChI is InChI=1S/C19H21FN4OS/c1-21-8-9-24(3)12-14-11-16-19(26-14)18(6-7-23-16)25-17-5-4-13(22-2)10-15(17)20/h4-11,21-22H,12H2,1-3H3/b9-8-. The molecule has 1 aromatic carbocycles. The van der Waals surface area contributed by atoms with E-state index in [9.17, 15) is 4.39 Å². The Labute approximate surface area is 156 Å². The van der Waals surface area contributed by atoms with Gasteiger partial charge in [-0.3, -0.25) is 4.98 Å². The normalized spacial score (nSPS) is 11.1. The first kappa shape index (κ1) is 18.0. The van der Waals surface area contributed by atoms with E-state index in [-0.39, 0.29) is 5.75 Å². The lowest BCUT2D eigenvalue weighted by Crippen LogP contribution is -2.10. The van der Waals surface area contributed by atoms with Crippen molar-refractivity contribution in [2.45, 2.75) is 6.54 Å². The van der Waals surface area contributed by atoms with Crippen molar-refractivity contribution in [2.24, 2.45) is 0 Å². The van der Waals surface area contributed by atoms with Crippen LogP contribution in [0.15, 0.2) is 48.9 Å². The topological polar surface area (TPSA) is 49.4 Å². The number of thiophene rings is 1. The summed E-state index contributed by atoms with van der Waals surface area (Å²) in [5, 5.41) is 5.88. The predicted molar refractivity (Wildman–Crippen MR) is 105 cm³/mol. The highest BCUT2D eigenvalue weighted by Gasteiger charge is 2.12. The molecule has 0 bridgehead atoms. The maximum Gasteiger partial charge on any atom is 0.167 e. The summed E-state index contributed by atoms with van der Waals surface area (Å²) in [6.45, 7) is 0.754. The van der Waals surface area contributed by atoms with Crippen LogP contribution < -0.4 is 15.4 Å². The van der Waals surface area contributed by atoms with E-state index in [1.807, 2.05) is 32.6 Å². The molecule has 136 valence electrons. The number of hydrogen-bond acceptors (Lipinski definition) is 6. The highest BCUT2D eigenvalue weighted by atomic mass is 32.1. The third-order valence-electron chi connectivity index (χ3n) is 3.77. The van der Waals surface area contributed by atoms with Crippen molar-refractivity contribution in [3.05, 3.63) is 59.6 Å². The van der Waals surface area contributed by atoms with Crippen molar-refractivity contribution in [3.63, 3.8) is 0 Å². The Balaban J connectivity index is 1.86. The summed E-state index contributed by atoms with van der Waals surface area (Å²) >= 11 is 1.60. The third-order valence-corrected chi connectivity index (χ3v) is 4.89. The van der Waals surface area contributed by atoms with Gasteiger partial charge in [0.15, 0.2) is 11.6 Å². The predicted octanol–water partition coefficient (Wildman–Crippen LogP) is 4.39. The van der Waals surface area contributed by atoms with Gasteiger partial charge in [-0.05, 0) is 18.2 Å². The van der Waals surface area contributed by atoms with E-state index in [4.69, 9.17) is 4.74 Å². The second kappa shape index (κ2) is 8.05. The van der Waals surface area contributed by atoms with Gasteiger partial charge in [0, 0.05) is 62.4 Å². The largest absolute Gasteiger partial charge is 0.453 e. The highest BCUT2D eigenvalue weighted by molar-refractivity contribution is 7.19. The lowest BCUT2D eigenvalue weighted by atomic mass is 10.3. The third kappa shape index (κ3) is 4.05. The molecule has 26 heavy (non-hydrogen) atoms. The van der Waals surface area contributed by atoms with Gasteiger partial charge in [0.25, 0.3) is 0 Å². The average Bonchev–Trinajstić information content (AvgIpc) is 3.04. The van der Waals surface area contributed by atoms with Crippen molar-refractivity contribution in [2.75, 3.05) is 26.5 Å². The Morgan fingerprint density at radius 3 is 2.81 bits per heavy atom. The van der Waals surface area contributed by atoms with E-state index in [1.165, 1.54) is 6.07 Å². The molecule has 7 heteroatoms. The zero-order chi connectivity index (χ0) is 18.5. The minimum Gasteiger partial charge on any atom is -0.453 e. The minimum atomic E-state index is -0.407. The van der Waals surface area contributed by atoms with Crippen LogP contribution in [0.2, 0.25) is 0 Å². The van der Waals surface area contributed by atoms with Crippen molar-refractivity contribution in [1.82, 2.24) is 15.2 Å². The smallest absolute Gasteiger partial charge is 0.167 e. The molecule has 0 aliphatic heterocycles. The number of rotatable bonds is 7. The number of nitrogens with zero attached hydrogens (tertiary/aromatic N) is 2. The first-order valence-electron chi connectivity index (χ1n) is 8.17. The van der Waals surface area contributed by atoms with E-state index in [0.29, 0.717) is 11.4 Å². The van der Waals surface area contributed by atoms with Crippen LogP contribution >= 0.6 is 11.3 Å². The van der Waals surface area contributed by atoms with E-state index < -0.39 is 5.82 Å². The SMILES string of the molecule is CN/C=C\N(C)Cc1cc2nccc(Oc3ccc(NC)cc3F)c2s1. The molecule has 0 fully saturated rings. The van der Waals surface area contributed by atoms with Gasteiger partial charge in [-0.15, -0.1) is 11.3 Å². The molecular weight excluding hydrogens is 351 g/mol. The molecule has 0 spiro atoms. The minimum absolute atomic E-state index is 0.195. The number of pyridine rings is 1. The van der Waals surface area contributed by atoms with Crippen LogP contribution in [-0.2, 0) is 6.54 Å². The van der Waals surface area contributed by atoms with Crippen molar-refractivity contribution < 1.29 is 9.13 Å². The number of halogens is 1. The lowest BCUT2D eigenvalue weighted by molar-refractivity contribution is 0.447. The quantitative estimate of drug-likeness (QED) is 0.644. The zero-order valence-corrected chi connectivity index (χ0v) is 15.7. The molecule has 0 aliphatic carbocycles. The Morgan fingerprint density at radius 1 is 1.23 bits per heavy atom. The summed E-state index contributed by atoms with van der Waals surface area (Å²) in [5.74, 6) is 0.395. The van der Waals surface area contributed by atoms with E-state index in [1.54, 1.807) is 42.8 Å². The average molecular weight is 372 g/mol. The number of anilines is 1. The number of ether oxygens (including phenoxy) is 1. The van der Waals surface area contributed by atoms with Crippen LogP contribution in [0.5, 0.6) is 11.5 Å². The summed E-state index contributed by atoms with van der Waals surface area (Å²) in [6.07, 6.45) is 5.52. The number of aromatic nitrogens is 1. The van der Waals surface area contributed by atoms with Crippen LogP contribution in [0.25, 0.3) is 10.2 Å². The Hall–Kier alpha value is -2.80. The van der Waals surface area contributed by atoms with Crippen molar-refractivity contribution in [3.8, 4) is 11.5 Å². The summed E-state index contributed by atoms with van der Waals surface area (Å²) in [7, 11) is 5.61. The molecule has 5 nitrogen and oxygen atoms in total. The van der Waals surface area contributed by atoms with Crippen LogP contribution in [0, 0.1) is 5.82 Å². The first-order valence-corrected chi connectivity index (χ1v) is 8.99. The molecule has 3 aromatic rings. The van der Waals surface area contributed by atoms with Gasteiger partial charge in [0.2, 0.25) is 0 Å². The summed E-state index contributed by atoms with van der Waals surface area (Å²) in [6, 6.07) is 8.62. The second-order valence-corrected chi connectivity index (χ2v) is 6.89. The van der Waals surface area contributed by atoms with Crippen LogP contribution in [-0.4, -0.2) is 31.0 Å². The fourth-order valence-corrected chi connectivity index (χ4v) is 3.61. The first-order chi connectivity index (χ1) is 12.6. The van der Waals surface area contributed by atoms with Crippen LogP contribution in [0.4, 0.5) is 10.1 Å². The van der Waals surface area contributed by atoms with E-state index in [2.05, 4.69) is 20.5 Å². The number of hydrogen-bond donors (Lipinski definition) is 2. The summed E-state index contributed by atoms with van der Waals surface area (Å²) < 4.78 is 21.0. The molecule has 0 aliphatic rings. The molecule has 0 unspecified atom stereocenters. The van der Waals surface area contributed by atoms with Crippen molar-refractivity contribution >= 4 is 27.2 Å². The summed E-state index contributed by atoms with van der Waals surface area (Å²) in [5.41, 5.74) is 1.55. The van der Waals surface area contributed by atoms with Gasteiger partial charge >= 0.3 is 0 Å². The zero-order valence-electron chi connectivity index (χ0n) is 14.9. The Kier molecular flexibility index (Phi) is 5.58. The van der Waals surface area contributed by atoms with Gasteiger partial charge in [-0.2, -0.15) is 0 Å². The number of nitrogens with one attached hydrogen (secondary N) is 2. The fraction of sp³-hybridized carbons (Fsp3) is 0.211. The Bertz CT molecular complexity index is 925. The molecular formula is C19H21FN4OS. The maximum absolute atomic E-state index is 14.2. The molecule has 0 saturated heterocycles. The maximum atomic E-state index is 14.2. The van der Waals surface area contributed by atoms with Crippen LogP contribution in [0.3, 0.4) is 0 Å². The van der Waals surface area contributed by atoms with Crippen molar-refractivity contribution in [1.29, 1.82) is 0 Å². The van der Waals surface area contributed by atoms with Gasteiger partial charge in [-0.1, -0.05) is 0 Å². The van der Waals surface area contributed by atoms with Gasteiger partial charge in [0.05, 0.1) is 16.8 Å². The lowest BCUT2D eigenvalue weighted by Gasteiger charge is -2.11. The molecule has 0 atom stereocenters. The molecule has 3 rings (SSSR count). The van der Waals surface area contributed by atoms with Gasteiger partial charge in [0.1, 0.15) is 5.75 Å². The number of benzene rings is 1.